The van der Waals surface area contributed by atoms with E-state index in [0.717, 1.165) is 40.5 Å². The van der Waals surface area contributed by atoms with Gasteiger partial charge in [0.05, 0.1) is 20.4 Å². The van der Waals surface area contributed by atoms with Crippen molar-refractivity contribution in [1.29, 1.82) is 0 Å². The molecule has 1 atom stereocenters. The fourth-order valence-electron chi connectivity index (χ4n) is 3.26. The van der Waals surface area contributed by atoms with Gasteiger partial charge in [-0.2, -0.15) is 0 Å². The highest BCUT2D eigenvalue weighted by Crippen LogP contribution is 2.31. The molecule has 1 N–H and O–H groups in total. The van der Waals surface area contributed by atoms with Crippen molar-refractivity contribution in [2.45, 2.75) is 25.3 Å². The van der Waals surface area contributed by atoms with Crippen LogP contribution >= 0.6 is 38.6 Å². The van der Waals surface area contributed by atoms with Gasteiger partial charge in [-0.3, -0.25) is 14.5 Å². The summed E-state index contributed by atoms with van der Waals surface area (Å²) in [5, 5.41) is 3.75. The monoisotopic (exact) mass is 454 g/mol. The second-order valence-corrected chi connectivity index (χ2v) is 10.2. The molecule has 1 saturated heterocycles. The Morgan fingerprint density at radius 3 is 2.88 bits per heavy atom. The van der Waals surface area contributed by atoms with Crippen LogP contribution in [0.4, 0.5) is 5.13 Å². The summed E-state index contributed by atoms with van der Waals surface area (Å²) >= 11 is 6.38. The fourth-order valence-corrected chi connectivity index (χ4v) is 5.67. The Hall–Kier alpha value is -1.29. The van der Waals surface area contributed by atoms with Crippen molar-refractivity contribution in [2.75, 3.05) is 31.6 Å². The van der Waals surface area contributed by atoms with Crippen molar-refractivity contribution in [3.8, 4) is 0 Å². The van der Waals surface area contributed by atoms with Crippen LogP contribution in [0, 0.1) is 0 Å². The van der Waals surface area contributed by atoms with Crippen LogP contribution in [0.1, 0.15) is 26.7 Å². The summed E-state index contributed by atoms with van der Waals surface area (Å²) in [6.45, 7) is 2.51. The van der Waals surface area contributed by atoms with Gasteiger partial charge in [-0.1, -0.05) is 0 Å². The second-order valence-electron chi connectivity index (χ2n) is 6.65. The van der Waals surface area contributed by atoms with E-state index in [0.29, 0.717) is 17.8 Å². The molecule has 6 nitrogen and oxygen atoms in total. The zero-order valence-corrected chi connectivity index (χ0v) is 17.5. The summed E-state index contributed by atoms with van der Waals surface area (Å²) < 4.78 is 0.918. The summed E-state index contributed by atoms with van der Waals surface area (Å²) in [6.07, 6.45) is 2.24. The lowest BCUT2D eigenvalue weighted by atomic mass is 10.2. The van der Waals surface area contributed by atoms with Gasteiger partial charge in [0.2, 0.25) is 5.91 Å². The first-order valence-electron chi connectivity index (χ1n) is 8.53. The van der Waals surface area contributed by atoms with Gasteiger partial charge in [-0.05, 0) is 41.5 Å². The Kier molecular flexibility index (Phi) is 5.13. The van der Waals surface area contributed by atoms with E-state index in [1.807, 2.05) is 6.07 Å². The van der Waals surface area contributed by atoms with Gasteiger partial charge in [0, 0.05) is 37.4 Å². The van der Waals surface area contributed by atoms with Crippen LogP contribution in [0.5, 0.6) is 0 Å². The van der Waals surface area contributed by atoms with Crippen molar-refractivity contribution in [2.24, 2.45) is 0 Å². The van der Waals surface area contributed by atoms with Crippen molar-refractivity contribution in [1.82, 2.24) is 15.2 Å². The fraction of sp³-hybridized carbons (Fsp3) is 0.471. The number of rotatable bonds is 3. The van der Waals surface area contributed by atoms with Gasteiger partial charge >= 0.3 is 0 Å². The minimum absolute atomic E-state index is 0.0312. The minimum Gasteiger partial charge on any atom is -0.346 e. The molecule has 0 saturated carbocycles. The molecule has 0 aliphatic carbocycles. The number of fused-ring (bicyclic) bond motifs is 1. The molecule has 2 aromatic heterocycles. The Bertz CT molecular complexity index is 824. The first-order chi connectivity index (χ1) is 12.5. The van der Waals surface area contributed by atoms with E-state index in [4.69, 9.17) is 4.98 Å². The van der Waals surface area contributed by atoms with Gasteiger partial charge in [-0.15, -0.1) is 22.7 Å². The number of anilines is 1. The molecule has 0 radical (unpaired) electrons. The number of hydrogen-bond donors (Lipinski definition) is 1. The van der Waals surface area contributed by atoms with Crippen LogP contribution in [-0.2, 0) is 17.6 Å². The molecule has 2 aliphatic rings. The SMILES string of the molecule is CN1CCc2nc(N3C[C@H](NC(=O)c4ccc(Br)s4)CC3=O)sc2CC1. The summed E-state index contributed by atoms with van der Waals surface area (Å²) in [6, 6.07) is 3.46. The van der Waals surface area contributed by atoms with Gasteiger partial charge in [0.1, 0.15) is 0 Å². The van der Waals surface area contributed by atoms with E-state index in [-0.39, 0.29) is 17.9 Å². The van der Waals surface area contributed by atoms with Crippen molar-refractivity contribution in [3.63, 3.8) is 0 Å². The molecule has 2 amide bonds. The van der Waals surface area contributed by atoms with Crippen LogP contribution in [0.25, 0.3) is 0 Å². The zero-order chi connectivity index (χ0) is 18.3. The quantitative estimate of drug-likeness (QED) is 0.773. The number of nitrogens with zero attached hydrogens (tertiary/aromatic N) is 3. The van der Waals surface area contributed by atoms with Crippen LogP contribution in [0.3, 0.4) is 0 Å². The standard InChI is InChI=1S/C17H19BrN4O2S2/c1-21-6-4-11-12(5-7-21)26-17(20-11)22-9-10(8-15(22)23)19-16(24)13-2-3-14(18)25-13/h2-3,10H,4-9H2,1H3,(H,19,24)/t10-/m1/s1. The first kappa shape index (κ1) is 18.1. The maximum absolute atomic E-state index is 12.5. The number of thiophene rings is 1. The van der Waals surface area contributed by atoms with E-state index in [1.54, 1.807) is 22.3 Å². The van der Waals surface area contributed by atoms with Crippen LogP contribution in [0.15, 0.2) is 15.9 Å². The average Bonchev–Trinajstić information content (AvgIpc) is 3.27. The number of hydrogen-bond acceptors (Lipinski definition) is 6. The van der Waals surface area contributed by atoms with E-state index < -0.39 is 0 Å². The molecule has 138 valence electrons. The molecule has 9 heteroatoms. The molecule has 4 rings (SSSR count). The summed E-state index contributed by atoms with van der Waals surface area (Å²) in [5.41, 5.74) is 1.12. The molecule has 2 aliphatic heterocycles. The molecular weight excluding hydrogens is 436 g/mol. The number of carbonyl (C=O) groups excluding carboxylic acids is 2. The van der Waals surface area contributed by atoms with Crippen LogP contribution < -0.4 is 10.2 Å². The lowest BCUT2D eigenvalue weighted by Gasteiger charge is -2.14. The third-order valence-electron chi connectivity index (χ3n) is 4.71. The molecule has 0 spiro atoms. The minimum atomic E-state index is -0.175. The van der Waals surface area contributed by atoms with E-state index in [2.05, 4.69) is 33.2 Å². The molecule has 0 bridgehead atoms. The smallest absolute Gasteiger partial charge is 0.261 e. The highest BCUT2D eigenvalue weighted by atomic mass is 79.9. The Balaban J connectivity index is 1.44. The lowest BCUT2D eigenvalue weighted by molar-refractivity contribution is -0.117. The molecule has 2 aromatic rings. The molecule has 1 fully saturated rings. The predicted molar refractivity (Wildman–Crippen MR) is 107 cm³/mol. The molecule has 26 heavy (non-hydrogen) atoms. The van der Waals surface area contributed by atoms with E-state index in [1.165, 1.54) is 16.2 Å². The number of likely N-dealkylation sites (N-methyl/N-ethyl adjacent to an activating group) is 1. The zero-order valence-electron chi connectivity index (χ0n) is 14.3. The van der Waals surface area contributed by atoms with Crippen molar-refractivity contribution < 1.29 is 9.59 Å². The summed E-state index contributed by atoms with van der Waals surface area (Å²) in [4.78, 5) is 35.5. The van der Waals surface area contributed by atoms with Crippen molar-refractivity contribution >= 4 is 55.5 Å². The summed E-state index contributed by atoms with van der Waals surface area (Å²) in [5.74, 6) is -0.0954. The Labute approximate surface area is 168 Å². The predicted octanol–water partition coefficient (Wildman–Crippen LogP) is 2.53. The van der Waals surface area contributed by atoms with E-state index in [9.17, 15) is 9.59 Å². The average molecular weight is 455 g/mol. The third-order valence-corrected chi connectivity index (χ3v) is 7.51. The second kappa shape index (κ2) is 7.38. The third kappa shape index (κ3) is 3.71. The van der Waals surface area contributed by atoms with E-state index >= 15 is 0 Å². The largest absolute Gasteiger partial charge is 0.346 e. The highest BCUT2D eigenvalue weighted by molar-refractivity contribution is 9.11. The Morgan fingerprint density at radius 1 is 1.31 bits per heavy atom. The normalized spacial score (nSPS) is 20.9. The number of amides is 2. The Morgan fingerprint density at radius 2 is 2.12 bits per heavy atom. The summed E-state index contributed by atoms with van der Waals surface area (Å²) in [7, 11) is 2.13. The molecule has 0 unspecified atom stereocenters. The van der Waals surface area contributed by atoms with Gasteiger partial charge in [-0.25, -0.2) is 4.98 Å². The maximum Gasteiger partial charge on any atom is 0.261 e. The maximum atomic E-state index is 12.5. The number of aromatic nitrogens is 1. The van der Waals surface area contributed by atoms with Gasteiger partial charge < -0.3 is 10.2 Å². The van der Waals surface area contributed by atoms with Gasteiger partial charge in [0.15, 0.2) is 5.13 Å². The first-order valence-corrected chi connectivity index (χ1v) is 11.0. The highest BCUT2D eigenvalue weighted by Gasteiger charge is 2.34. The topological polar surface area (TPSA) is 65.5 Å². The van der Waals surface area contributed by atoms with Crippen molar-refractivity contribution in [3.05, 3.63) is 31.4 Å². The molecule has 0 aromatic carbocycles. The number of thiazole rings is 1. The number of halogens is 1. The number of nitrogens with one attached hydrogen (secondary N) is 1. The van der Waals surface area contributed by atoms with Gasteiger partial charge in [0.25, 0.3) is 5.91 Å². The molecule has 4 heterocycles. The molecular formula is C17H19BrN4O2S2. The van der Waals surface area contributed by atoms with Crippen LogP contribution in [0.2, 0.25) is 0 Å². The number of carbonyl (C=O) groups is 2. The lowest BCUT2D eigenvalue weighted by Crippen LogP contribution is -2.36. The van der Waals surface area contributed by atoms with Crippen LogP contribution in [-0.4, -0.2) is 54.4 Å².